The van der Waals surface area contributed by atoms with E-state index in [1.807, 2.05) is 31.2 Å². The molecule has 1 aromatic carbocycles. The molecule has 1 aliphatic heterocycles. The van der Waals surface area contributed by atoms with Crippen LogP contribution in [-0.4, -0.2) is 31.8 Å². The van der Waals surface area contributed by atoms with Crippen molar-refractivity contribution < 1.29 is 14.3 Å². The van der Waals surface area contributed by atoms with Gasteiger partial charge in [-0.15, -0.1) is 0 Å². The molecule has 19 heavy (non-hydrogen) atoms. The molecule has 1 unspecified atom stereocenters. The van der Waals surface area contributed by atoms with Crippen molar-refractivity contribution in [1.29, 1.82) is 0 Å². The zero-order chi connectivity index (χ0) is 13.9. The van der Waals surface area contributed by atoms with E-state index in [0.717, 1.165) is 11.3 Å². The number of rotatable bonds is 4. The molecule has 1 amide bonds. The highest BCUT2D eigenvalue weighted by Gasteiger charge is 2.38. The summed E-state index contributed by atoms with van der Waals surface area (Å²) in [5.74, 6) is 0.576. The predicted molar refractivity (Wildman–Crippen MR) is 71.9 cm³/mol. The van der Waals surface area contributed by atoms with Crippen LogP contribution in [0, 0.1) is 0 Å². The number of nitrogens with one attached hydrogen (secondary N) is 1. The Balaban J connectivity index is 2.08. The third-order valence-corrected chi connectivity index (χ3v) is 3.46. The van der Waals surface area contributed by atoms with Crippen LogP contribution in [0.3, 0.4) is 0 Å². The van der Waals surface area contributed by atoms with E-state index in [1.54, 1.807) is 7.11 Å². The Kier molecular flexibility index (Phi) is 4.07. The molecule has 1 fully saturated rings. The Morgan fingerprint density at radius 3 is 2.89 bits per heavy atom. The maximum absolute atomic E-state index is 12.2. The maximum Gasteiger partial charge on any atom is 0.243 e. The number of hydrogen-bond acceptors (Lipinski definition) is 4. The molecule has 1 heterocycles. The fraction of sp³-hybridized carbons (Fsp3) is 0.500. The highest BCUT2D eigenvalue weighted by Crippen LogP contribution is 2.25. The molecule has 5 heteroatoms. The second-order valence-electron chi connectivity index (χ2n) is 4.90. The van der Waals surface area contributed by atoms with Gasteiger partial charge in [0.15, 0.2) is 0 Å². The van der Waals surface area contributed by atoms with Gasteiger partial charge in [0.25, 0.3) is 0 Å². The summed E-state index contributed by atoms with van der Waals surface area (Å²) in [4.78, 5) is 12.2. The summed E-state index contributed by atoms with van der Waals surface area (Å²) in [5, 5.41) is 2.93. The lowest BCUT2D eigenvalue weighted by Crippen LogP contribution is -2.54. The lowest BCUT2D eigenvalue weighted by atomic mass is 9.98. The van der Waals surface area contributed by atoms with Gasteiger partial charge in [-0.25, -0.2) is 0 Å². The van der Waals surface area contributed by atoms with Crippen LogP contribution in [0.5, 0.6) is 5.75 Å². The van der Waals surface area contributed by atoms with Gasteiger partial charge in [0.05, 0.1) is 19.8 Å². The zero-order valence-electron chi connectivity index (χ0n) is 11.3. The normalized spacial score (nSPS) is 23.9. The van der Waals surface area contributed by atoms with Gasteiger partial charge in [0, 0.05) is 12.2 Å². The number of carbonyl (C=O) groups excluding carboxylic acids is 1. The third kappa shape index (κ3) is 2.88. The Hall–Kier alpha value is -1.59. The molecule has 0 aromatic heterocycles. The van der Waals surface area contributed by atoms with Crippen LogP contribution < -0.4 is 15.8 Å². The molecule has 5 nitrogen and oxygen atoms in total. The monoisotopic (exact) mass is 264 g/mol. The molecule has 104 valence electrons. The lowest BCUT2D eigenvalue weighted by molar-refractivity contribution is -0.127. The first-order valence-electron chi connectivity index (χ1n) is 6.37. The van der Waals surface area contributed by atoms with Gasteiger partial charge in [0.1, 0.15) is 11.3 Å². The molecule has 2 atom stereocenters. The van der Waals surface area contributed by atoms with Gasteiger partial charge in [-0.3, -0.25) is 4.79 Å². The number of nitrogens with two attached hydrogens (primary N) is 1. The molecular weight excluding hydrogens is 244 g/mol. The van der Waals surface area contributed by atoms with Crippen molar-refractivity contribution >= 4 is 5.91 Å². The fourth-order valence-corrected chi connectivity index (χ4v) is 2.20. The average molecular weight is 264 g/mol. The highest BCUT2D eigenvalue weighted by atomic mass is 16.5. The summed E-state index contributed by atoms with van der Waals surface area (Å²) < 4.78 is 10.5. The van der Waals surface area contributed by atoms with E-state index in [9.17, 15) is 4.79 Å². The van der Waals surface area contributed by atoms with E-state index >= 15 is 0 Å². The van der Waals surface area contributed by atoms with Crippen LogP contribution >= 0.6 is 0 Å². The van der Waals surface area contributed by atoms with Gasteiger partial charge < -0.3 is 20.5 Å². The second-order valence-corrected chi connectivity index (χ2v) is 4.90. The van der Waals surface area contributed by atoms with Crippen molar-refractivity contribution in [3.63, 3.8) is 0 Å². The van der Waals surface area contributed by atoms with E-state index in [0.29, 0.717) is 13.0 Å². The van der Waals surface area contributed by atoms with Gasteiger partial charge in [-0.05, 0) is 19.4 Å². The first kappa shape index (κ1) is 13.8. The Bertz CT molecular complexity index is 456. The molecule has 3 N–H and O–H groups in total. The lowest BCUT2D eigenvalue weighted by Gasteiger charge is -2.24. The van der Waals surface area contributed by atoms with Crippen molar-refractivity contribution in [1.82, 2.24) is 5.32 Å². The summed E-state index contributed by atoms with van der Waals surface area (Å²) in [6.45, 7) is 2.72. The van der Waals surface area contributed by atoms with Crippen LogP contribution in [0.2, 0.25) is 0 Å². The Labute approximate surface area is 113 Å². The van der Waals surface area contributed by atoms with Crippen molar-refractivity contribution in [2.75, 3.05) is 20.3 Å². The van der Waals surface area contributed by atoms with E-state index in [2.05, 4.69) is 5.32 Å². The molecule has 0 bridgehead atoms. The number of hydrogen-bond donors (Lipinski definition) is 2. The number of methoxy groups -OCH3 is 1. The molecule has 1 saturated heterocycles. The molecule has 0 spiro atoms. The average Bonchev–Trinajstić information content (AvgIpc) is 2.87. The van der Waals surface area contributed by atoms with Crippen LogP contribution in [0.4, 0.5) is 0 Å². The van der Waals surface area contributed by atoms with E-state index < -0.39 is 5.54 Å². The van der Waals surface area contributed by atoms with Crippen molar-refractivity contribution in [2.24, 2.45) is 5.73 Å². The third-order valence-electron chi connectivity index (χ3n) is 3.46. The first-order valence-corrected chi connectivity index (χ1v) is 6.37. The molecule has 0 aliphatic carbocycles. The van der Waals surface area contributed by atoms with Gasteiger partial charge in [-0.2, -0.15) is 0 Å². The topological polar surface area (TPSA) is 73.6 Å². The minimum absolute atomic E-state index is 0.162. The van der Waals surface area contributed by atoms with Gasteiger partial charge in [-0.1, -0.05) is 18.2 Å². The molecular formula is C14H20N2O3. The smallest absolute Gasteiger partial charge is 0.243 e. The second kappa shape index (κ2) is 5.59. The Morgan fingerprint density at radius 2 is 2.26 bits per heavy atom. The highest BCUT2D eigenvalue weighted by molar-refractivity contribution is 5.87. The van der Waals surface area contributed by atoms with Crippen LogP contribution in [0.15, 0.2) is 24.3 Å². The van der Waals surface area contributed by atoms with Crippen LogP contribution in [-0.2, 0) is 9.53 Å². The summed E-state index contributed by atoms with van der Waals surface area (Å²) >= 11 is 0. The fourth-order valence-electron chi connectivity index (χ4n) is 2.20. The van der Waals surface area contributed by atoms with E-state index in [-0.39, 0.29) is 18.6 Å². The van der Waals surface area contributed by atoms with E-state index in [4.69, 9.17) is 15.2 Å². The van der Waals surface area contributed by atoms with Crippen molar-refractivity contribution in [2.45, 2.75) is 24.9 Å². The maximum atomic E-state index is 12.2. The summed E-state index contributed by atoms with van der Waals surface area (Å²) in [6.07, 6.45) is 0.553. The minimum atomic E-state index is -0.906. The largest absolute Gasteiger partial charge is 0.496 e. The number of carbonyl (C=O) groups is 1. The van der Waals surface area contributed by atoms with Gasteiger partial charge >= 0.3 is 0 Å². The van der Waals surface area contributed by atoms with E-state index in [1.165, 1.54) is 0 Å². The van der Waals surface area contributed by atoms with Crippen molar-refractivity contribution in [3.05, 3.63) is 29.8 Å². The molecule has 2 rings (SSSR count). The van der Waals surface area contributed by atoms with Gasteiger partial charge in [0.2, 0.25) is 5.91 Å². The van der Waals surface area contributed by atoms with Crippen LogP contribution in [0.25, 0.3) is 0 Å². The zero-order valence-corrected chi connectivity index (χ0v) is 11.3. The molecule has 1 aromatic rings. The standard InChI is InChI=1S/C14H20N2O3/c1-10(11-5-3-4-6-12(11)18-2)16-13(17)14(15)7-8-19-9-14/h3-6,10H,7-9,15H2,1-2H3,(H,16,17)/t10-,14?/m1/s1. The SMILES string of the molecule is COc1ccccc1[C@@H](C)NC(=O)C1(N)CCOC1. The number of amides is 1. The number of ether oxygens (including phenoxy) is 2. The van der Waals surface area contributed by atoms with Crippen molar-refractivity contribution in [3.8, 4) is 5.75 Å². The first-order chi connectivity index (χ1) is 9.07. The summed E-state index contributed by atoms with van der Waals surface area (Å²) in [6, 6.07) is 7.45. The summed E-state index contributed by atoms with van der Waals surface area (Å²) in [7, 11) is 1.61. The minimum Gasteiger partial charge on any atom is -0.496 e. The summed E-state index contributed by atoms with van der Waals surface area (Å²) in [5.41, 5.74) is 6.06. The van der Waals surface area contributed by atoms with Crippen LogP contribution in [0.1, 0.15) is 24.9 Å². The quantitative estimate of drug-likeness (QED) is 0.850. The molecule has 1 aliphatic rings. The Morgan fingerprint density at radius 1 is 1.53 bits per heavy atom. The number of para-hydroxylation sites is 1. The number of benzene rings is 1. The predicted octanol–water partition coefficient (Wildman–Crippen LogP) is 0.990. The molecule has 0 radical (unpaired) electrons. The molecule has 0 saturated carbocycles.